The van der Waals surface area contributed by atoms with Crippen molar-refractivity contribution in [3.8, 4) is 0 Å². The molecule has 1 atom stereocenters. The first-order chi connectivity index (χ1) is 14.3. The van der Waals surface area contributed by atoms with E-state index in [0.717, 1.165) is 16.3 Å². The summed E-state index contributed by atoms with van der Waals surface area (Å²) in [5.74, 6) is -1.40. The maximum Gasteiger partial charge on any atom is 0.408 e. The number of carbonyl (C=O) groups is 2. The Bertz CT molecular complexity index is 1150. The largest absolute Gasteiger partial charge is 0.480 e. The van der Waals surface area contributed by atoms with Crippen molar-refractivity contribution in [2.24, 2.45) is 0 Å². The molecule has 3 rings (SSSR count). The first-order valence-electron chi connectivity index (χ1n) is 9.04. The maximum absolute atomic E-state index is 12.6. The van der Waals surface area contributed by atoms with Gasteiger partial charge in [-0.2, -0.15) is 0 Å². The third-order valence-electron chi connectivity index (χ3n) is 4.31. The first kappa shape index (κ1) is 21.3. The van der Waals surface area contributed by atoms with Crippen LogP contribution in [0, 0.1) is 0 Å². The highest BCUT2D eigenvalue weighted by molar-refractivity contribution is 7.89. The minimum absolute atomic E-state index is 0.00278. The summed E-state index contributed by atoms with van der Waals surface area (Å²) in [6, 6.07) is 19.2. The second-order valence-corrected chi connectivity index (χ2v) is 8.22. The molecular formula is C21H20N2O6S. The summed E-state index contributed by atoms with van der Waals surface area (Å²) in [6.07, 6.45) is -0.962. The molecule has 0 spiro atoms. The predicted octanol–water partition coefficient (Wildman–Crippen LogP) is 2.50. The summed E-state index contributed by atoms with van der Waals surface area (Å²) < 4.78 is 32.3. The normalized spacial score (nSPS) is 12.3. The number of carboxylic acids is 1. The standard InChI is InChI=1S/C21H20N2O6S/c24-20(25)19(23-21(26)29-14-15-6-2-1-3-7-15)13-22-30(27,28)18-11-10-16-8-4-5-9-17(16)12-18/h1-12,19,22H,13-14H2,(H,23,26)(H,24,25)/t19-/m0/s1. The lowest BCUT2D eigenvalue weighted by atomic mass is 10.1. The van der Waals surface area contributed by atoms with Crippen molar-refractivity contribution in [1.29, 1.82) is 0 Å². The number of amides is 1. The summed E-state index contributed by atoms with van der Waals surface area (Å²) in [6.45, 7) is -0.577. The number of nitrogens with one attached hydrogen (secondary N) is 2. The number of hydrogen-bond acceptors (Lipinski definition) is 5. The summed E-state index contributed by atoms with van der Waals surface area (Å²) in [5, 5.41) is 13.1. The van der Waals surface area contributed by atoms with E-state index in [0.29, 0.717) is 0 Å². The van der Waals surface area contributed by atoms with Crippen molar-refractivity contribution in [2.75, 3.05) is 6.54 Å². The summed E-state index contributed by atoms with van der Waals surface area (Å²) >= 11 is 0. The maximum atomic E-state index is 12.6. The number of carboxylic acid groups (broad SMARTS) is 1. The van der Waals surface area contributed by atoms with Crippen LogP contribution in [0.25, 0.3) is 10.8 Å². The summed E-state index contributed by atoms with van der Waals surface area (Å²) in [5.41, 5.74) is 0.733. The molecule has 0 aliphatic heterocycles. The number of benzene rings is 3. The highest BCUT2D eigenvalue weighted by Crippen LogP contribution is 2.18. The molecule has 9 heteroatoms. The smallest absolute Gasteiger partial charge is 0.408 e. The van der Waals surface area contributed by atoms with Gasteiger partial charge >= 0.3 is 12.1 Å². The molecule has 3 aromatic rings. The number of alkyl carbamates (subject to hydrolysis) is 1. The van der Waals surface area contributed by atoms with Gasteiger partial charge in [0.25, 0.3) is 0 Å². The zero-order valence-corrected chi connectivity index (χ0v) is 16.6. The molecule has 0 fully saturated rings. The van der Waals surface area contributed by atoms with E-state index in [4.69, 9.17) is 4.74 Å². The minimum atomic E-state index is -3.98. The van der Waals surface area contributed by atoms with Gasteiger partial charge in [0.15, 0.2) is 0 Å². The molecule has 0 aliphatic carbocycles. The fourth-order valence-electron chi connectivity index (χ4n) is 2.72. The third-order valence-corrected chi connectivity index (χ3v) is 5.73. The van der Waals surface area contributed by atoms with Crippen molar-refractivity contribution < 1.29 is 27.9 Å². The van der Waals surface area contributed by atoms with E-state index >= 15 is 0 Å². The fraction of sp³-hybridized carbons (Fsp3) is 0.143. The van der Waals surface area contributed by atoms with Gasteiger partial charge in [-0.25, -0.2) is 22.7 Å². The van der Waals surface area contributed by atoms with Crippen LogP contribution in [0.3, 0.4) is 0 Å². The lowest BCUT2D eigenvalue weighted by Crippen LogP contribution is -2.48. The number of rotatable bonds is 8. The third kappa shape index (κ3) is 5.56. The first-order valence-corrected chi connectivity index (χ1v) is 10.5. The van der Waals surface area contributed by atoms with Crippen LogP contribution in [0.15, 0.2) is 77.7 Å². The van der Waals surface area contributed by atoms with Crippen LogP contribution in [-0.2, 0) is 26.2 Å². The lowest BCUT2D eigenvalue weighted by molar-refractivity contribution is -0.139. The minimum Gasteiger partial charge on any atom is -0.480 e. The topological polar surface area (TPSA) is 122 Å². The molecule has 156 valence electrons. The fourth-order valence-corrected chi connectivity index (χ4v) is 3.80. The average Bonchev–Trinajstić information content (AvgIpc) is 2.75. The van der Waals surface area contributed by atoms with Gasteiger partial charge in [-0.05, 0) is 28.5 Å². The molecule has 0 aromatic heterocycles. The molecule has 0 unspecified atom stereocenters. The molecule has 0 heterocycles. The monoisotopic (exact) mass is 428 g/mol. The molecular weight excluding hydrogens is 408 g/mol. The van der Waals surface area contributed by atoms with Crippen LogP contribution >= 0.6 is 0 Å². The van der Waals surface area contributed by atoms with E-state index in [1.807, 2.05) is 18.2 Å². The predicted molar refractivity (Wildman–Crippen MR) is 110 cm³/mol. The van der Waals surface area contributed by atoms with Crippen LogP contribution in [0.4, 0.5) is 4.79 Å². The Labute approximate surface area is 173 Å². The Balaban J connectivity index is 1.61. The van der Waals surface area contributed by atoms with Gasteiger partial charge in [0.2, 0.25) is 10.0 Å². The van der Waals surface area contributed by atoms with Gasteiger partial charge in [0, 0.05) is 6.54 Å². The Kier molecular flexibility index (Phi) is 6.65. The quantitative estimate of drug-likeness (QED) is 0.507. The van der Waals surface area contributed by atoms with E-state index in [2.05, 4.69) is 10.0 Å². The van der Waals surface area contributed by atoms with Gasteiger partial charge < -0.3 is 15.2 Å². The number of sulfonamides is 1. The van der Waals surface area contributed by atoms with Crippen LogP contribution in [0.1, 0.15) is 5.56 Å². The van der Waals surface area contributed by atoms with Crippen LogP contribution in [0.2, 0.25) is 0 Å². The summed E-state index contributed by atoms with van der Waals surface area (Å²) in [4.78, 5) is 23.3. The molecule has 1 amide bonds. The lowest BCUT2D eigenvalue weighted by Gasteiger charge is -2.16. The highest BCUT2D eigenvalue weighted by atomic mass is 32.2. The van der Waals surface area contributed by atoms with E-state index in [-0.39, 0.29) is 11.5 Å². The zero-order valence-electron chi connectivity index (χ0n) is 15.8. The van der Waals surface area contributed by atoms with Crippen molar-refractivity contribution >= 4 is 32.9 Å². The SMILES string of the molecule is O=C(N[C@@H](CNS(=O)(=O)c1ccc2ccccc2c1)C(=O)O)OCc1ccccc1. The van der Waals surface area contributed by atoms with Gasteiger partial charge in [0.05, 0.1) is 4.90 Å². The van der Waals surface area contributed by atoms with Crippen LogP contribution in [-0.4, -0.2) is 38.2 Å². The zero-order chi connectivity index (χ0) is 21.6. The van der Waals surface area contributed by atoms with Gasteiger partial charge in [-0.15, -0.1) is 0 Å². The molecule has 0 saturated carbocycles. The van der Waals surface area contributed by atoms with Gasteiger partial charge in [0.1, 0.15) is 12.6 Å². The highest BCUT2D eigenvalue weighted by Gasteiger charge is 2.24. The molecule has 3 aromatic carbocycles. The van der Waals surface area contributed by atoms with Crippen molar-refractivity contribution in [3.05, 3.63) is 78.4 Å². The van der Waals surface area contributed by atoms with Crippen molar-refractivity contribution in [1.82, 2.24) is 10.0 Å². The van der Waals surface area contributed by atoms with Gasteiger partial charge in [-0.1, -0.05) is 60.7 Å². The van der Waals surface area contributed by atoms with E-state index in [1.165, 1.54) is 12.1 Å². The van der Waals surface area contributed by atoms with E-state index in [9.17, 15) is 23.1 Å². The Morgan fingerprint density at radius 2 is 1.60 bits per heavy atom. The second-order valence-electron chi connectivity index (χ2n) is 6.46. The average molecular weight is 428 g/mol. The van der Waals surface area contributed by atoms with Crippen molar-refractivity contribution in [2.45, 2.75) is 17.5 Å². The van der Waals surface area contributed by atoms with Crippen molar-refractivity contribution in [3.63, 3.8) is 0 Å². The van der Waals surface area contributed by atoms with Crippen LogP contribution < -0.4 is 10.0 Å². The van der Waals surface area contributed by atoms with Crippen LogP contribution in [0.5, 0.6) is 0 Å². The number of hydrogen-bond donors (Lipinski definition) is 3. The Hall–Kier alpha value is -3.43. The molecule has 8 nitrogen and oxygen atoms in total. The number of aliphatic carboxylic acids is 1. The number of ether oxygens (including phenoxy) is 1. The van der Waals surface area contributed by atoms with E-state index in [1.54, 1.807) is 42.5 Å². The molecule has 0 saturated heterocycles. The molecule has 30 heavy (non-hydrogen) atoms. The molecule has 0 aliphatic rings. The molecule has 0 bridgehead atoms. The van der Waals surface area contributed by atoms with E-state index < -0.39 is 34.7 Å². The number of fused-ring (bicyclic) bond motifs is 1. The van der Waals surface area contributed by atoms with Gasteiger partial charge in [-0.3, -0.25) is 0 Å². The Morgan fingerprint density at radius 1 is 0.933 bits per heavy atom. The summed E-state index contributed by atoms with van der Waals surface area (Å²) in [7, 11) is -3.98. The molecule has 3 N–H and O–H groups in total. The molecule has 0 radical (unpaired) electrons. The Morgan fingerprint density at radius 3 is 2.30 bits per heavy atom. The number of carbonyl (C=O) groups excluding carboxylic acids is 1. The second kappa shape index (κ2) is 9.38.